The van der Waals surface area contributed by atoms with Gasteiger partial charge >= 0.3 is 0 Å². The fraction of sp³-hybridized carbons (Fsp3) is 0.0556. The van der Waals surface area contributed by atoms with Crippen molar-refractivity contribution in [1.82, 2.24) is 19.7 Å². The molecule has 3 aromatic heterocycles. The van der Waals surface area contributed by atoms with E-state index < -0.39 is 0 Å². The van der Waals surface area contributed by atoms with E-state index in [9.17, 15) is 4.79 Å². The van der Waals surface area contributed by atoms with Gasteiger partial charge in [-0.05, 0) is 43.3 Å². The number of hydrogen-bond donors (Lipinski definition) is 2. The molecule has 0 radical (unpaired) electrons. The predicted octanol–water partition coefficient (Wildman–Crippen LogP) is 3.31. The van der Waals surface area contributed by atoms with Gasteiger partial charge in [-0.2, -0.15) is 5.10 Å². The van der Waals surface area contributed by atoms with E-state index in [4.69, 9.17) is 0 Å². The van der Waals surface area contributed by atoms with Crippen LogP contribution in [0.5, 0.6) is 0 Å². The normalized spacial score (nSPS) is 10.9. The fourth-order valence-electron chi connectivity index (χ4n) is 2.61. The van der Waals surface area contributed by atoms with E-state index in [1.54, 1.807) is 12.3 Å². The maximum absolute atomic E-state index is 12.5. The quantitative estimate of drug-likeness (QED) is 0.608. The van der Waals surface area contributed by atoms with E-state index in [0.717, 1.165) is 16.8 Å². The summed E-state index contributed by atoms with van der Waals surface area (Å²) in [4.78, 5) is 16.8. The summed E-state index contributed by atoms with van der Waals surface area (Å²) in [5.41, 5.74) is 3.73. The molecule has 2 N–H and O–H groups in total. The molecule has 1 aromatic carbocycles. The molecule has 6 nitrogen and oxygen atoms in total. The minimum atomic E-state index is -0.175. The lowest BCUT2D eigenvalue weighted by atomic mass is 10.2. The third-order valence-electron chi connectivity index (χ3n) is 3.87. The molecule has 1 amide bonds. The Bertz CT molecular complexity index is 1020. The van der Waals surface area contributed by atoms with Crippen molar-refractivity contribution in [3.05, 3.63) is 72.3 Å². The second-order valence-electron chi connectivity index (χ2n) is 5.54. The summed E-state index contributed by atoms with van der Waals surface area (Å²) in [7, 11) is 0. The lowest BCUT2D eigenvalue weighted by molar-refractivity contribution is 0.102. The lowest BCUT2D eigenvalue weighted by Crippen LogP contribution is -2.12. The summed E-state index contributed by atoms with van der Waals surface area (Å²) < 4.78 is 1.96. The minimum Gasteiger partial charge on any atom is -0.324 e. The van der Waals surface area contributed by atoms with Crippen molar-refractivity contribution in [2.75, 3.05) is 5.32 Å². The lowest BCUT2D eigenvalue weighted by Gasteiger charge is -2.08. The maximum atomic E-state index is 12.5. The molecular weight excluding hydrogens is 302 g/mol. The number of nitrogens with zero attached hydrogens (tertiary/aromatic N) is 3. The second kappa shape index (κ2) is 5.66. The number of aromatic nitrogens is 4. The highest BCUT2D eigenvalue weighted by Gasteiger charge is 2.10. The van der Waals surface area contributed by atoms with E-state index in [1.165, 1.54) is 0 Å². The van der Waals surface area contributed by atoms with Crippen LogP contribution in [0.25, 0.3) is 16.7 Å². The summed E-state index contributed by atoms with van der Waals surface area (Å²) >= 11 is 0. The molecule has 0 unspecified atom stereocenters. The zero-order valence-corrected chi connectivity index (χ0v) is 13.0. The number of nitrogens with one attached hydrogen (secondary N) is 2. The largest absolute Gasteiger partial charge is 0.324 e. The van der Waals surface area contributed by atoms with Gasteiger partial charge in [-0.3, -0.25) is 9.89 Å². The molecule has 0 aliphatic carbocycles. The first-order valence-electron chi connectivity index (χ1n) is 7.56. The van der Waals surface area contributed by atoms with Gasteiger partial charge < -0.3 is 9.88 Å². The number of H-pyrrole nitrogens is 1. The molecule has 4 rings (SSSR count). The van der Waals surface area contributed by atoms with E-state index in [0.29, 0.717) is 16.9 Å². The van der Waals surface area contributed by atoms with Gasteiger partial charge in [0.1, 0.15) is 0 Å². The van der Waals surface area contributed by atoms with Gasteiger partial charge in [0, 0.05) is 34.7 Å². The number of aryl methyl sites for hydroxylation is 1. The molecular formula is C18H15N5O. The van der Waals surface area contributed by atoms with Gasteiger partial charge in [-0.1, -0.05) is 6.07 Å². The van der Waals surface area contributed by atoms with E-state index in [1.807, 2.05) is 60.3 Å². The molecule has 118 valence electrons. The Balaban J connectivity index is 1.61. The number of fused-ring (bicyclic) bond motifs is 1. The van der Waals surface area contributed by atoms with Gasteiger partial charge in [0.05, 0.1) is 11.9 Å². The highest BCUT2D eigenvalue weighted by atomic mass is 16.1. The van der Waals surface area contributed by atoms with Crippen LogP contribution in [0, 0.1) is 6.92 Å². The van der Waals surface area contributed by atoms with Gasteiger partial charge in [-0.15, -0.1) is 0 Å². The second-order valence-corrected chi connectivity index (χ2v) is 5.54. The van der Waals surface area contributed by atoms with Crippen molar-refractivity contribution in [2.45, 2.75) is 6.92 Å². The van der Waals surface area contributed by atoms with Crippen LogP contribution in [0.3, 0.4) is 0 Å². The average Bonchev–Trinajstić information content (AvgIpc) is 3.26. The van der Waals surface area contributed by atoms with Crippen LogP contribution in [-0.4, -0.2) is 25.7 Å². The first kappa shape index (κ1) is 14.2. The number of anilines is 1. The molecule has 24 heavy (non-hydrogen) atoms. The highest BCUT2D eigenvalue weighted by Crippen LogP contribution is 2.19. The van der Waals surface area contributed by atoms with Crippen LogP contribution in [0.4, 0.5) is 5.69 Å². The van der Waals surface area contributed by atoms with E-state index >= 15 is 0 Å². The molecule has 6 heteroatoms. The number of carbonyl (C=O) groups excluding carboxylic acids is 1. The fourth-order valence-corrected chi connectivity index (χ4v) is 2.61. The number of carbonyl (C=O) groups is 1. The standard InChI is InChI=1S/C18H15N5O/c1-12-16-10-14(11-19-17(16)22-21-12)20-18(24)13-5-4-6-15(9-13)23-7-2-3-8-23/h2-11H,1H3,(H,20,24)(H,19,21,22). The smallest absolute Gasteiger partial charge is 0.255 e. The summed E-state index contributed by atoms with van der Waals surface area (Å²) in [6, 6.07) is 13.2. The first-order chi connectivity index (χ1) is 11.7. The third kappa shape index (κ3) is 2.54. The number of rotatable bonds is 3. The van der Waals surface area contributed by atoms with Gasteiger partial charge in [-0.25, -0.2) is 4.98 Å². The molecule has 0 aliphatic rings. The number of hydrogen-bond acceptors (Lipinski definition) is 3. The van der Waals surface area contributed by atoms with Crippen LogP contribution in [0.1, 0.15) is 16.1 Å². The summed E-state index contributed by atoms with van der Waals surface area (Å²) in [5, 5.41) is 10.8. The Morgan fingerprint density at radius 1 is 1.17 bits per heavy atom. The Labute approximate surface area is 138 Å². The van der Waals surface area contributed by atoms with Gasteiger partial charge in [0.15, 0.2) is 5.65 Å². The Kier molecular flexibility index (Phi) is 3.35. The first-order valence-corrected chi connectivity index (χ1v) is 7.56. The van der Waals surface area contributed by atoms with Crippen molar-refractivity contribution >= 4 is 22.6 Å². The summed E-state index contributed by atoms with van der Waals surface area (Å²) in [6.07, 6.45) is 5.49. The van der Waals surface area contributed by atoms with Gasteiger partial charge in [0.25, 0.3) is 5.91 Å². The molecule has 0 aliphatic heterocycles. The SMILES string of the molecule is Cc1[nH]nc2ncc(NC(=O)c3cccc(-n4cccc4)c3)cc12. The number of pyridine rings is 1. The van der Waals surface area contributed by atoms with Crippen LogP contribution in [0.2, 0.25) is 0 Å². The Morgan fingerprint density at radius 2 is 2.00 bits per heavy atom. The Hall–Kier alpha value is -3.41. The van der Waals surface area contributed by atoms with Crippen molar-refractivity contribution < 1.29 is 4.79 Å². The zero-order chi connectivity index (χ0) is 16.5. The molecule has 0 spiro atoms. The third-order valence-corrected chi connectivity index (χ3v) is 3.87. The molecule has 0 bridgehead atoms. The molecule has 0 atom stereocenters. The topological polar surface area (TPSA) is 75.6 Å². The van der Waals surface area contributed by atoms with Crippen molar-refractivity contribution in [1.29, 1.82) is 0 Å². The Morgan fingerprint density at radius 3 is 2.83 bits per heavy atom. The van der Waals surface area contributed by atoms with Crippen LogP contribution < -0.4 is 5.32 Å². The highest BCUT2D eigenvalue weighted by molar-refractivity contribution is 6.05. The number of aromatic amines is 1. The molecule has 3 heterocycles. The van der Waals surface area contributed by atoms with Gasteiger partial charge in [0.2, 0.25) is 0 Å². The van der Waals surface area contributed by atoms with E-state index in [-0.39, 0.29) is 5.91 Å². The monoisotopic (exact) mass is 317 g/mol. The average molecular weight is 317 g/mol. The minimum absolute atomic E-state index is 0.175. The van der Waals surface area contributed by atoms with Crippen molar-refractivity contribution in [3.63, 3.8) is 0 Å². The summed E-state index contributed by atoms with van der Waals surface area (Å²) in [6.45, 7) is 1.92. The van der Waals surface area contributed by atoms with Crippen molar-refractivity contribution in [2.24, 2.45) is 0 Å². The molecule has 0 fully saturated rings. The molecule has 0 saturated carbocycles. The van der Waals surface area contributed by atoms with Crippen LogP contribution in [-0.2, 0) is 0 Å². The maximum Gasteiger partial charge on any atom is 0.255 e. The van der Waals surface area contributed by atoms with E-state index in [2.05, 4.69) is 20.5 Å². The number of amides is 1. The van der Waals surface area contributed by atoms with Crippen LogP contribution >= 0.6 is 0 Å². The van der Waals surface area contributed by atoms with Crippen molar-refractivity contribution in [3.8, 4) is 5.69 Å². The molecule has 4 aromatic rings. The predicted molar refractivity (Wildman–Crippen MR) is 92.3 cm³/mol. The zero-order valence-electron chi connectivity index (χ0n) is 13.0. The number of benzene rings is 1. The molecule has 0 saturated heterocycles. The van der Waals surface area contributed by atoms with Crippen LogP contribution in [0.15, 0.2) is 61.1 Å². The summed E-state index contributed by atoms with van der Waals surface area (Å²) in [5.74, 6) is -0.175.